The van der Waals surface area contributed by atoms with Crippen LogP contribution in [0.5, 0.6) is 0 Å². The highest BCUT2D eigenvalue weighted by Gasteiger charge is 2.16. The van der Waals surface area contributed by atoms with Crippen LogP contribution in [-0.2, 0) is 0 Å². The van der Waals surface area contributed by atoms with Crippen molar-refractivity contribution in [3.05, 3.63) is 48.6 Å². The van der Waals surface area contributed by atoms with Crippen molar-refractivity contribution in [1.82, 2.24) is 19.9 Å². The molecule has 2 heterocycles. The first kappa shape index (κ1) is 13.7. The highest BCUT2D eigenvalue weighted by molar-refractivity contribution is 7.98. The number of imidazole rings is 1. The summed E-state index contributed by atoms with van der Waals surface area (Å²) in [5.41, 5.74) is 1.90. The van der Waals surface area contributed by atoms with Crippen molar-refractivity contribution >= 4 is 11.8 Å². The van der Waals surface area contributed by atoms with Crippen molar-refractivity contribution in [2.45, 2.75) is 5.16 Å². The normalized spacial score (nSPS) is 10.8. The van der Waals surface area contributed by atoms with Gasteiger partial charge in [-0.15, -0.1) is 0 Å². The maximum atomic E-state index is 14.1. The largest absolute Gasteiger partial charge is 0.345 e. The topological polar surface area (TPSA) is 54.5 Å². The minimum absolute atomic E-state index is 0.221. The van der Waals surface area contributed by atoms with E-state index in [4.69, 9.17) is 0 Å². The first-order valence-electron chi connectivity index (χ1n) is 6.04. The van der Waals surface area contributed by atoms with Crippen LogP contribution in [0.2, 0.25) is 0 Å². The Bertz CT molecular complexity index is 775. The summed E-state index contributed by atoms with van der Waals surface area (Å²) in [5.74, 6) is -1.29. The molecule has 0 saturated carbocycles. The Morgan fingerprint density at radius 1 is 1.14 bits per heavy atom. The maximum absolute atomic E-state index is 14.1. The van der Waals surface area contributed by atoms with Gasteiger partial charge < -0.3 is 4.98 Å². The average Bonchev–Trinajstić information content (AvgIpc) is 3.01. The SMILES string of the molecule is CSc1ncc(-c2cnc[nH]2)c(-c2ccc(F)cc2F)n1. The van der Waals surface area contributed by atoms with Gasteiger partial charge in [-0.25, -0.2) is 23.7 Å². The zero-order chi connectivity index (χ0) is 14.8. The number of thioether (sulfide) groups is 1. The molecule has 0 aliphatic carbocycles. The van der Waals surface area contributed by atoms with Gasteiger partial charge in [0, 0.05) is 23.4 Å². The fraction of sp³-hybridized carbons (Fsp3) is 0.0714. The van der Waals surface area contributed by atoms with E-state index in [0.717, 1.165) is 6.07 Å². The van der Waals surface area contributed by atoms with Gasteiger partial charge in [0.25, 0.3) is 0 Å². The van der Waals surface area contributed by atoms with Crippen LogP contribution in [0.3, 0.4) is 0 Å². The molecule has 0 saturated heterocycles. The predicted molar refractivity (Wildman–Crippen MR) is 76.7 cm³/mol. The molecular formula is C14H10F2N4S. The Hall–Kier alpha value is -2.28. The molecule has 3 aromatic rings. The van der Waals surface area contributed by atoms with Crippen LogP contribution >= 0.6 is 11.8 Å². The second-order valence-electron chi connectivity index (χ2n) is 4.21. The van der Waals surface area contributed by atoms with Gasteiger partial charge in [-0.05, 0) is 18.4 Å². The van der Waals surface area contributed by atoms with Crippen molar-refractivity contribution < 1.29 is 8.78 Å². The summed E-state index contributed by atoms with van der Waals surface area (Å²) in [5, 5.41) is 0.511. The van der Waals surface area contributed by atoms with Crippen molar-refractivity contribution in [3.8, 4) is 22.5 Å². The first-order valence-corrected chi connectivity index (χ1v) is 7.26. The summed E-state index contributed by atoms with van der Waals surface area (Å²) in [7, 11) is 0. The Kier molecular flexibility index (Phi) is 3.66. The summed E-state index contributed by atoms with van der Waals surface area (Å²) in [6.45, 7) is 0. The molecule has 0 aliphatic rings. The summed E-state index contributed by atoms with van der Waals surface area (Å²) in [6, 6.07) is 3.42. The van der Waals surface area contributed by atoms with E-state index in [1.165, 1.54) is 30.2 Å². The van der Waals surface area contributed by atoms with E-state index in [1.54, 1.807) is 12.4 Å². The summed E-state index contributed by atoms with van der Waals surface area (Å²) in [4.78, 5) is 15.4. The fourth-order valence-electron chi connectivity index (χ4n) is 1.95. The third-order valence-electron chi connectivity index (χ3n) is 2.92. The van der Waals surface area contributed by atoms with Crippen LogP contribution < -0.4 is 0 Å². The number of benzene rings is 1. The Labute approximate surface area is 123 Å². The molecule has 1 N–H and O–H groups in total. The standard InChI is InChI=1S/C14H10F2N4S/c1-21-14-18-5-10(12-6-17-7-19-12)13(20-14)9-3-2-8(15)4-11(9)16/h2-7H,1H3,(H,17,19). The molecule has 106 valence electrons. The van der Waals surface area contributed by atoms with Crippen LogP contribution in [0.25, 0.3) is 22.5 Å². The van der Waals surface area contributed by atoms with Crippen LogP contribution in [0.15, 0.2) is 42.1 Å². The Morgan fingerprint density at radius 2 is 2.00 bits per heavy atom. The van der Waals surface area contributed by atoms with Gasteiger partial charge in [-0.3, -0.25) is 0 Å². The summed E-state index contributed by atoms with van der Waals surface area (Å²) < 4.78 is 27.1. The molecule has 3 rings (SSSR count). The molecule has 2 aromatic heterocycles. The fourth-order valence-corrected chi connectivity index (χ4v) is 2.29. The van der Waals surface area contributed by atoms with Crippen LogP contribution in [-0.4, -0.2) is 26.2 Å². The predicted octanol–water partition coefficient (Wildman–Crippen LogP) is 3.53. The molecular weight excluding hydrogens is 294 g/mol. The van der Waals surface area contributed by atoms with E-state index in [2.05, 4.69) is 19.9 Å². The van der Waals surface area contributed by atoms with Crippen LogP contribution in [0.1, 0.15) is 0 Å². The molecule has 0 aliphatic heterocycles. The molecule has 0 amide bonds. The molecule has 0 spiro atoms. The van der Waals surface area contributed by atoms with Crippen LogP contribution in [0.4, 0.5) is 8.78 Å². The van der Waals surface area contributed by atoms with Gasteiger partial charge in [0.2, 0.25) is 0 Å². The van der Waals surface area contributed by atoms with E-state index in [1.807, 2.05) is 6.26 Å². The lowest BCUT2D eigenvalue weighted by atomic mass is 10.0. The Balaban J connectivity index is 2.23. The highest BCUT2D eigenvalue weighted by atomic mass is 32.2. The molecule has 0 bridgehead atoms. The summed E-state index contributed by atoms with van der Waals surface area (Å²) in [6.07, 6.45) is 6.55. The number of nitrogens with one attached hydrogen (secondary N) is 1. The van der Waals surface area contributed by atoms with E-state index in [-0.39, 0.29) is 5.56 Å². The van der Waals surface area contributed by atoms with E-state index >= 15 is 0 Å². The van der Waals surface area contributed by atoms with E-state index < -0.39 is 11.6 Å². The number of nitrogens with zero attached hydrogens (tertiary/aromatic N) is 3. The van der Waals surface area contributed by atoms with Gasteiger partial charge in [0.05, 0.1) is 23.9 Å². The third-order valence-corrected chi connectivity index (χ3v) is 3.49. The van der Waals surface area contributed by atoms with E-state index in [9.17, 15) is 8.78 Å². The quantitative estimate of drug-likeness (QED) is 0.594. The van der Waals surface area contributed by atoms with E-state index in [0.29, 0.717) is 22.1 Å². The van der Waals surface area contributed by atoms with Crippen molar-refractivity contribution in [2.24, 2.45) is 0 Å². The number of H-pyrrole nitrogens is 1. The molecule has 0 fully saturated rings. The second kappa shape index (κ2) is 5.61. The van der Waals surface area contributed by atoms with Gasteiger partial charge in [0.1, 0.15) is 11.6 Å². The minimum atomic E-state index is -0.665. The van der Waals surface area contributed by atoms with Gasteiger partial charge >= 0.3 is 0 Å². The number of aromatic nitrogens is 4. The lowest BCUT2D eigenvalue weighted by molar-refractivity contribution is 0.585. The van der Waals surface area contributed by atoms with Crippen LogP contribution in [0, 0.1) is 11.6 Å². The van der Waals surface area contributed by atoms with Gasteiger partial charge in [-0.1, -0.05) is 11.8 Å². The molecule has 0 atom stereocenters. The number of hydrogen-bond acceptors (Lipinski definition) is 4. The van der Waals surface area contributed by atoms with Crippen molar-refractivity contribution in [1.29, 1.82) is 0 Å². The number of hydrogen-bond donors (Lipinski definition) is 1. The summed E-state index contributed by atoms with van der Waals surface area (Å²) >= 11 is 1.35. The highest BCUT2D eigenvalue weighted by Crippen LogP contribution is 2.31. The van der Waals surface area contributed by atoms with Gasteiger partial charge in [0.15, 0.2) is 5.16 Å². The zero-order valence-electron chi connectivity index (χ0n) is 11.0. The number of halogens is 2. The van der Waals surface area contributed by atoms with Crippen molar-refractivity contribution in [2.75, 3.05) is 6.26 Å². The molecule has 0 unspecified atom stereocenters. The maximum Gasteiger partial charge on any atom is 0.187 e. The van der Waals surface area contributed by atoms with Crippen molar-refractivity contribution in [3.63, 3.8) is 0 Å². The molecule has 4 nitrogen and oxygen atoms in total. The first-order chi connectivity index (χ1) is 10.2. The molecule has 21 heavy (non-hydrogen) atoms. The lowest BCUT2D eigenvalue weighted by Crippen LogP contribution is -1.97. The molecule has 7 heteroatoms. The Morgan fingerprint density at radius 3 is 2.67 bits per heavy atom. The minimum Gasteiger partial charge on any atom is -0.345 e. The molecule has 0 radical (unpaired) electrons. The monoisotopic (exact) mass is 304 g/mol. The smallest absolute Gasteiger partial charge is 0.187 e. The zero-order valence-corrected chi connectivity index (χ0v) is 11.8. The third kappa shape index (κ3) is 2.64. The average molecular weight is 304 g/mol. The lowest BCUT2D eigenvalue weighted by Gasteiger charge is -2.09. The second-order valence-corrected chi connectivity index (χ2v) is 4.98. The number of rotatable bonds is 3. The number of aromatic amines is 1. The molecule has 1 aromatic carbocycles. The van der Waals surface area contributed by atoms with Gasteiger partial charge in [-0.2, -0.15) is 0 Å².